The number of hydrogen-bond acceptors (Lipinski definition) is 5. The highest BCUT2D eigenvalue weighted by atomic mass is 32.1. The molecule has 1 aromatic heterocycles. The Bertz CT molecular complexity index is 865. The van der Waals surface area contributed by atoms with Crippen molar-refractivity contribution in [2.45, 2.75) is 46.1 Å². The van der Waals surface area contributed by atoms with Gasteiger partial charge in [-0.15, -0.1) is 11.3 Å². The Morgan fingerprint density at radius 2 is 2.17 bits per heavy atom. The van der Waals surface area contributed by atoms with Crippen LogP contribution >= 0.6 is 11.3 Å². The highest BCUT2D eigenvalue weighted by Gasteiger charge is 2.27. The number of hydrogen-bond donors (Lipinski definition) is 1. The second-order valence-corrected chi connectivity index (χ2v) is 8.78. The minimum absolute atomic E-state index is 0.0465. The first kappa shape index (κ1) is 21.3. The molecule has 1 saturated heterocycles. The molecule has 156 valence electrons. The van der Waals surface area contributed by atoms with E-state index < -0.39 is 0 Å². The Hall–Kier alpha value is -2.41. The second-order valence-electron chi connectivity index (χ2n) is 7.57. The average molecular weight is 416 g/mol. The van der Waals surface area contributed by atoms with Crippen molar-refractivity contribution < 1.29 is 14.3 Å². The molecule has 2 heterocycles. The Morgan fingerprint density at radius 1 is 1.34 bits per heavy atom. The number of piperidine rings is 1. The first-order chi connectivity index (χ1) is 14.0. The quantitative estimate of drug-likeness (QED) is 0.748. The number of thiazole rings is 1. The number of methoxy groups -OCH3 is 1. The largest absolute Gasteiger partial charge is 0.497 e. The summed E-state index contributed by atoms with van der Waals surface area (Å²) in [4.78, 5) is 32.2. The Kier molecular flexibility index (Phi) is 7.25. The minimum Gasteiger partial charge on any atom is -0.497 e. The van der Waals surface area contributed by atoms with Crippen LogP contribution in [0.3, 0.4) is 0 Å². The van der Waals surface area contributed by atoms with E-state index in [1.807, 2.05) is 43.0 Å². The van der Waals surface area contributed by atoms with Gasteiger partial charge in [0, 0.05) is 26.1 Å². The lowest BCUT2D eigenvalue weighted by Gasteiger charge is -2.32. The Morgan fingerprint density at radius 3 is 2.90 bits per heavy atom. The number of benzene rings is 1. The summed E-state index contributed by atoms with van der Waals surface area (Å²) >= 11 is 1.47. The fourth-order valence-electron chi connectivity index (χ4n) is 3.77. The number of likely N-dealkylation sites (tertiary alicyclic amines) is 1. The molecule has 7 heteroatoms. The van der Waals surface area contributed by atoms with Crippen molar-refractivity contribution in [1.29, 1.82) is 0 Å². The summed E-state index contributed by atoms with van der Waals surface area (Å²) in [6, 6.07) is 7.70. The number of aryl methyl sites for hydroxylation is 2. The zero-order chi connectivity index (χ0) is 20.8. The summed E-state index contributed by atoms with van der Waals surface area (Å²) in [6.07, 6.45) is 3.33. The lowest BCUT2D eigenvalue weighted by molar-refractivity contribution is -0.121. The van der Waals surface area contributed by atoms with Gasteiger partial charge in [0.2, 0.25) is 5.91 Å². The van der Waals surface area contributed by atoms with E-state index in [9.17, 15) is 9.59 Å². The molecule has 0 spiro atoms. The zero-order valence-corrected chi connectivity index (χ0v) is 18.2. The number of amides is 2. The predicted molar refractivity (Wildman–Crippen MR) is 114 cm³/mol. The van der Waals surface area contributed by atoms with E-state index in [2.05, 4.69) is 10.3 Å². The summed E-state index contributed by atoms with van der Waals surface area (Å²) in [5.74, 6) is 1.28. The van der Waals surface area contributed by atoms with Crippen LogP contribution in [0.2, 0.25) is 0 Å². The van der Waals surface area contributed by atoms with Gasteiger partial charge in [-0.25, -0.2) is 4.98 Å². The van der Waals surface area contributed by atoms with Crippen molar-refractivity contribution in [2.75, 3.05) is 20.2 Å². The van der Waals surface area contributed by atoms with Gasteiger partial charge in [0.1, 0.15) is 10.6 Å². The maximum Gasteiger partial charge on any atom is 0.265 e. The third kappa shape index (κ3) is 5.79. The number of rotatable bonds is 7. The van der Waals surface area contributed by atoms with E-state index in [1.165, 1.54) is 11.3 Å². The van der Waals surface area contributed by atoms with Gasteiger partial charge >= 0.3 is 0 Å². The third-order valence-electron chi connectivity index (χ3n) is 5.31. The van der Waals surface area contributed by atoms with E-state index in [1.54, 1.807) is 7.11 Å². The van der Waals surface area contributed by atoms with Crippen molar-refractivity contribution in [3.8, 4) is 5.75 Å². The number of carbonyl (C=O) groups excluding carboxylic acids is 2. The maximum absolute atomic E-state index is 12.8. The average Bonchev–Trinajstić information content (AvgIpc) is 3.08. The summed E-state index contributed by atoms with van der Waals surface area (Å²) in [5, 5.41) is 3.90. The molecular weight excluding hydrogens is 386 g/mol. The van der Waals surface area contributed by atoms with Gasteiger partial charge in [-0.2, -0.15) is 0 Å². The smallest absolute Gasteiger partial charge is 0.265 e. The van der Waals surface area contributed by atoms with Crippen LogP contribution in [0.5, 0.6) is 5.75 Å². The van der Waals surface area contributed by atoms with Crippen molar-refractivity contribution in [2.24, 2.45) is 5.92 Å². The number of nitrogens with one attached hydrogen (secondary N) is 1. The van der Waals surface area contributed by atoms with Gasteiger partial charge in [-0.05, 0) is 56.7 Å². The van der Waals surface area contributed by atoms with Gasteiger partial charge < -0.3 is 15.0 Å². The Labute approximate surface area is 176 Å². The fourth-order valence-corrected chi connectivity index (χ4v) is 4.65. The number of ether oxygens (including phenoxy) is 1. The van der Waals surface area contributed by atoms with E-state index in [0.29, 0.717) is 18.9 Å². The minimum atomic E-state index is 0.0465. The molecule has 29 heavy (non-hydrogen) atoms. The summed E-state index contributed by atoms with van der Waals surface area (Å²) in [5.41, 5.74) is 1.83. The van der Waals surface area contributed by atoms with Crippen LogP contribution < -0.4 is 10.1 Å². The first-order valence-electron chi connectivity index (χ1n) is 10.1. The van der Waals surface area contributed by atoms with Crippen molar-refractivity contribution >= 4 is 23.2 Å². The highest BCUT2D eigenvalue weighted by molar-refractivity contribution is 7.13. The molecule has 1 aliphatic heterocycles. The molecule has 1 aliphatic rings. The van der Waals surface area contributed by atoms with Crippen LogP contribution in [-0.2, 0) is 11.3 Å². The molecule has 0 aliphatic carbocycles. The lowest BCUT2D eigenvalue weighted by Crippen LogP contribution is -2.40. The molecule has 2 amide bonds. The Balaban J connectivity index is 1.46. The fraction of sp³-hybridized carbons (Fsp3) is 0.500. The predicted octanol–water partition coefficient (Wildman–Crippen LogP) is 3.72. The van der Waals surface area contributed by atoms with E-state index in [0.717, 1.165) is 59.2 Å². The van der Waals surface area contributed by atoms with Crippen molar-refractivity contribution in [3.05, 3.63) is 45.4 Å². The van der Waals surface area contributed by atoms with Crippen LogP contribution in [0, 0.1) is 19.8 Å². The SMILES string of the molecule is COc1cccc(CNC(=O)CC[C@@H]2CCCN(C(=O)c3sc(C)nc3C)C2)c1. The van der Waals surface area contributed by atoms with E-state index >= 15 is 0 Å². The van der Waals surface area contributed by atoms with E-state index in [4.69, 9.17) is 4.74 Å². The second kappa shape index (κ2) is 9.87. The van der Waals surface area contributed by atoms with E-state index in [-0.39, 0.29) is 11.8 Å². The molecule has 3 rings (SSSR count). The number of carbonyl (C=O) groups is 2. The molecule has 0 radical (unpaired) electrons. The first-order valence-corrected chi connectivity index (χ1v) is 10.9. The molecule has 2 aromatic rings. The summed E-state index contributed by atoms with van der Waals surface area (Å²) < 4.78 is 5.21. The molecule has 1 N–H and O–H groups in total. The zero-order valence-electron chi connectivity index (χ0n) is 17.4. The number of aromatic nitrogens is 1. The normalized spacial score (nSPS) is 16.5. The van der Waals surface area contributed by atoms with Crippen LogP contribution in [0.25, 0.3) is 0 Å². The van der Waals surface area contributed by atoms with Crippen LogP contribution in [0.4, 0.5) is 0 Å². The van der Waals surface area contributed by atoms with Crippen LogP contribution in [-0.4, -0.2) is 41.9 Å². The van der Waals surface area contributed by atoms with Crippen molar-refractivity contribution in [1.82, 2.24) is 15.2 Å². The monoisotopic (exact) mass is 415 g/mol. The number of nitrogens with zero attached hydrogens (tertiary/aromatic N) is 2. The maximum atomic E-state index is 12.8. The molecule has 6 nitrogen and oxygen atoms in total. The lowest BCUT2D eigenvalue weighted by atomic mass is 9.93. The van der Waals surface area contributed by atoms with Gasteiger partial charge in [0.15, 0.2) is 0 Å². The van der Waals surface area contributed by atoms with Gasteiger partial charge in [-0.3, -0.25) is 9.59 Å². The van der Waals surface area contributed by atoms with Crippen LogP contribution in [0.1, 0.15) is 51.6 Å². The molecule has 1 fully saturated rings. The summed E-state index contributed by atoms with van der Waals surface area (Å²) in [6.45, 7) is 5.82. The molecule has 0 bridgehead atoms. The third-order valence-corrected chi connectivity index (χ3v) is 6.37. The topological polar surface area (TPSA) is 71.5 Å². The highest BCUT2D eigenvalue weighted by Crippen LogP contribution is 2.25. The van der Waals surface area contributed by atoms with Crippen LogP contribution in [0.15, 0.2) is 24.3 Å². The standard InChI is InChI=1S/C22H29N3O3S/c1-15-21(29-16(2)24-15)22(27)25-11-5-7-17(14-25)9-10-20(26)23-13-18-6-4-8-19(12-18)28-3/h4,6,8,12,17H,5,7,9-11,13-14H2,1-3H3,(H,23,26)/t17-/m0/s1. The molecule has 0 unspecified atom stereocenters. The van der Waals surface area contributed by atoms with Gasteiger partial charge in [0.05, 0.1) is 17.8 Å². The van der Waals surface area contributed by atoms with Crippen molar-refractivity contribution in [3.63, 3.8) is 0 Å². The molecule has 0 saturated carbocycles. The molecule has 1 aromatic carbocycles. The van der Waals surface area contributed by atoms with Gasteiger partial charge in [-0.1, -0.05) is 12.1 Å². The molecular formula is C22H29N3O3S. The molecule has 1 atom stereocenters. The van der Waals surface area contributed by atoms with Gasteiger partial charge in [0.25, 0.3) is 5.91 Å². The summed E-state index contributed by atoms with van der Waals surface area (Å²) in [7, 11) is 1.63.